The molecule has 0 aromatic heterocycles. The topological polar surface area (TPSA) is 35.5 Å². The zero-order valence-electron chi connectivity index (χ0n) is 12.3. The summed E-state index contributed by atoms with van der Waals surface area (Å²) in [5, 5.41) is 0. The molecule has 0 spiro atoms. The predicted octanol–water partition coefficient (Wildman–Crippen LogP) is 4.32. The van der Waals surface area contributed by atoms with E-state index in [9.17, 15) is 4.79 Å². The van der Waals surface area contributed by atoms with Crippen molar-refractivity contribution >= 4 is 6.16 Å². The first-order valence-corrected chi connectivity index (χ1v) is 6.82. The third-order valence-electron chi connectivity index (χ3n) is 3.50. The molecule has 1 unspecified atom stereocenters. The average molecular weight is 254 g/mol. The molecule has 0 aromatic rings. The van der Waals surface area contributed by atoms with E-state index in [2.05, 4.69) is 13.0 Å². The van der Waals surface area contributed by atoms with Crippen molar-refractivity contribution in [2.75, 3.05) is 6.61 Å². The Morgan fingerprint density at radius 3 is 2.67 bits per heavy atom. The molecule has 0 N–H and O–H groups in total. The molecule has 0 aliphatic heterocycles. The molecule has 0 saturated heterocycles. The standard InChI is InChI=1S/C15H26O3/c1-11(2)10-17-14(16)18-15(4,5)13-8-6-12(3)7-9-13/h6,11,13H,7-10H2,1-5H3. The minimum absolute atomic E-state index is 0.334. The number of hydrogen-bond donors (Lipinski definition) is 0. The highest BCUT2D eigenvalue weighted by Crippen LogP contribution is 2.34. The fourth-order valence-corrected chi connectivity index (χ4v) is 2.16. The lowest BCUT2D eigenvalue weighted by Gasteiger charge is -2.35. The van der Waals surface area contributed by atoms with E-state index < -0.39 is 11.8 Å². The molecular weight excluding hydrogens is 228 g/mol. The molecule has 1 aliphatic carbocycles. The van der Waals surface area contributed by atoms with Gasteiger partial charge in [0.05, 0.1) is 6.61 Å². The highest BCUT2D eigenvalue weighted by Gasteiger charge is 2.34. The summed E-state index contributed by atoms with van der Waals surface area (Å²) in [5.74, 6) is 0.716. The molecule has 18 heavy (non-hydrogen) atoms. The largest absolute Gasteiger partial charge is 0.508 e. The van der Waals surface area contributed by atoms with Gasteiger partial charge >= 0.3 is 6.16 Å². The average Bonchev–Trinajstić information content (AvgIpc) is 2.26. The number of carbonyl (C=O) groups is 1. The lowest BCUT2D eigenvalue weighted by Crippen LogP contribution is -2.38. The summed E-state index contributed by atoms with van der Waals surface area (Å²) in [4.78, 5) is 11.6. The number of ether oxygens (including phenoxy) is 2. The van der Waals surface area contributed by atoms with Gasteiger partial charge in [0.25, 0.3) is 0 Å². The molecule has 0 bridgehead atoms. The van der Waals surface area contributed by atoms with E-state index in [1.54, 1.807) is 0 Å². The van der Waals surface area contributed by atoms with Gasteiger partial charge in [-0.25, -0.2) is 4.79 Å². The Morgan fingerprint density at radius 2 is 2.17 bits per heavy atom. The van der Waals surface area contributed by atoms with Crippen LogP contribution in [0.4, 0.5) is 4.79 Å². The van der Waals surface area contributed by atoms with Gasteiger partial charge in [-0.3, -0.25) is 0 Å². The lowest BCUT2D eigenvalue weighted by atomic mass is 9.80. The maximum atomic E-state index is 11.6. The van der Waals surface area contributed by atoms with Crippen LogP contribution in [0.5, 0.6) is 0 Å². The Balaban J connectivity index is 2.46. The van der Waals surface area contributed by atoms with Crippen molar-refractivity contribution in [2.24, 2.45) is 11.8 Å². The molecule has 3 heteroatoms. The van der Waals surface area contributed by atoms with Crippen LogP contribution in [0, 0.1) is 11.8 Å². The smallest absolute Gasteiger partial charge is 0.434 e. The van der Waals surface area contributed by atoms with Gasteiger partial charge < -0.3 is 9.47 Å². The predicted molar refractivity (Wildman–Crippen MR) is 72.4 cm³/mol. The lowest BCUT2D eigenvalue weighted by molar-refractivity contribution is -0.0519. The molecule has 0 heterocycles. The summed E-state index contributed by atoms with van der Waals surface area (Å²) in [7, 11) is 0. The summed E-state index contributed by atoms with van der Waals surface area (Å²) in [6.07, 6.45) is 4.86. The highest BCUT2D eigenvalue weighted by atomic mass is 16.7. The first kappa shape index (κ1) is 15.1. The SMILES string of the molecule is CC1=CCC(C(C)(C)OC(=O)OCC(C)C)CC1. The molecule has 0 radical (unpaired) electrons. The molecule has 1 rings (SSSR count). The van der Waals surface area contributed by atoms with Gasteiger partial charge in [-0.1, -0.05) is 25.5 Å². The summed E-state index contributed by atoms with van der Waals surface area (Å²) < 4.78 is 10.5. The number of carbonyl (C=O) groups excluding carboxylic acids is 1. The van der Waals surface area contributed by atoms with E-state index in [-0.39, 0.29) is 0 Å². The molecule has 1 atom stereocenters. The quantitative estimate of drug-likeness (QED) is 0.553. The van der Waals surface area contributed by atoms with Crippen molar-refractivity contribution in [2.45, 2.75) is 59.5 Å². The number of rotatable bonds is 4. The molecule has 1 aliphatic rings. The van der Waals surface area contributed by atoms with Crippen molar-refractivity contribution in [3.8, 4) is 0 Å². The molecule has 0 amide bonds. The minimum Gasteiger partial charge on any atom is -0.434 e. The third kappa shape index (κ3) is 4.71. The molecule has 104 valence electrons. The van der Waals surface area contributed by atoms with Crippen molar-refractivity contribution in [1.29, 1.82) is 0 Å². The van der Waals surface area contributed by atoms with E-state index in [0.29, 0.717) is 18.4 Å². The second-order valence-electron chi connectivity index (χ2n) is 6.18. The maximum absolute atomic E-state index is 11.6. The Bertz CT molecular complexity index is 316. The summed E-state index contributed by atoms with van der Waals surface area (Å²) in [6, 6.07) is 0. The van der Waals surface area contributed by atoms with Crippen LogP contribution in [0.3, 0.4) is 0 Å². The van der Waals surface area contributed by atoms with Crippen LogP contribution in [0.15, 0.2) is 11.6 Å². The van der Waals surface area contributed by atoms with Crippen molar-refractivity contribution in [1.82, 2.24) is 0 Å². The fraction of sp³-hybridized carbons (Fsp3) is 0.800. The number of allylic oxidation sites excluding steroid dienone is 2. The van der Waals surface area contributed by atoms with E-state index in [4.69, 9.17) is 9.47 Å². The van der Waals surface area contributed by atoms with Crippen LogP contribution in [-0.4, -0.2) is 18.4 Å². The molecule has 0 fully saturated rings. The van der Waals surface area contributed by atoms with Crippen molar-refractivity contribution < 1.29 is 14.3 Å². The van der Waals surface area contributed by atoms with Crippen LogP contribution in [0.25, 0.3) is 0 Å². The van der Waals surface area contributed by atoms with E-state index in [0.717, 1.165) is 19.3 Å². The van der Waals surface area contributed by atoms with Gasteiger partial charge in [-0.15, -0.1) is 0 Å². The Morgan fingerprint density at radius 1 is 1.50 bits per heavy atom. The second-order valence-corrected chi connectivity index (χ2v) is 6.18. The van der Waals surface area contributed by atoms with Gasteiger partial charge in [0.2, 0.25) is 0 Å². The zero-order chi connectivity index (χ0) is 13.8. The third-order valence-corrected chi connectivity index (χ3v) is 3.50. The van der Waals surface area contributed by atoms with Crippen LogP contribution in [0.2, 0.25) is 0 Å². The molecular formula is C15H26O3. The van der Waals surface area contributed by atoms with E-state index >= 15 is 0 Å². The number of hydrogen-bond acceptors (Lipinski definition) is 3. The fourth-order valence-electron chi connectivity index (χ4n) is 2.16. The van der Waals surface area contributed by atoms with Gasteiger partial charge in [0, 0.05) is 5.92 Å². The van der Waals surface area contributed by atoms with Crippen LogP contribution >= 0.6 is 0 Å². The van der Waals surface area contributed by atoms with Crippen molar-refractivity contribution in [3.63, 3.8) is 0 Å². The van der Waals surface area contributed by atoms with Crippen LogP contribution in [0.1, 0.15) is 53.9 Å². The van der Waals surface area contributed by atoms with E-state index in [1.165, 1.54) is 5.57 Å². The Kier molecular flexibility index (Phi) is 5.24. The molecule has 3 nitrogen and oxygen atoms in total. The summed E-state index contributed by atoms with van der Waals surface area (Å²) >= 11 is 0. The van der Waals surface area contributed by atoms with Crippen LogP contribution < -0.4 is 0 Å². The van der Waals surface area contributed by atoms with Gasteiger partial charge in [0.1, 0.15) is 5.60 Å². The maximum Gasteiger partial charge on any atom is 0.508 e. The monoisotopic (exact) mass is 254 g/mol. The van der Waals surface area contributed by atoms with Gasteiger partial charge in [0.15, 0.2) is 0 Å². The Hall–Kier alpha value is -0.990. The summed E-state index contributed by atoms with van der Waals surface area (Å²) in [6.45, 7) is 10.5. The van der Waals surface area contributed by atoms with Crippen LogP contribution in [-0.2, 0) is 9.47 Å². The van der Waals surface area contributed by atoms with Gasteiger partial charge in [-0.2, -0.15) is 0 Å². The second kappa shape index (κ2) is 6.26. The van der Waals surface area contributed by atoms with Crippen molar-refractivity contribution in [3.05, 3.63) is 11.6 Å². The zero-order valence-corrected chi connectivity index (χ0v) is 12.3. The highest BCUT2D eigenvalue weighted by molar-refractivity contribution is 5.60. The minimum atomic E-state index is -0.542. The van der Waals surface area contributed by atoms with Gasteiger partial charge in [-0.05, 0) is 46.0 Å². The molecule has 0 saturated carbocycles. The normalized spacial score (nSPS) is 20.6. The first-order valence-electron chi connectivity index (χ1n) is 6.82. The molecule has 0 aromatic carbocycles. The van der Waals surface area contributed by atoms with E-state index in [1.807, 2.05) is 27.7 Å². The summed E-state index contributed by atoms with van der Waals surface area (Å²) in [5.41, 5.74) is 0.982. The Labute approximate surface area is 111 Å². The first-order chi connectivity index (χ1) is 8.31.